The number of carbonyl (C=O) groups excluding carboxylic acids is 1. The molecule has 3 aromatic rings. The lowest BCUT2D eigenvalue weighted by molar-refractivity contribution is 0.0580. The highest BCUT2D eigenvalue weighted by molar-refractivity contribution is 7.89. The third kappa shape index (κ3) is 9.29. The first-order valence-corrected chi connectivity index (χ1v) is 16.6. The van der Waals surface area contributed by atoms with E-state index in [4.69, 9.17) is 4.74 Å². The standard InChI is InChI=1S/C34H43N3O4S.ClH/c1-35(42(39,40)33-15-9-4-10-16-33)26-31(30-13-7-3-8-14-30)19-22-36-23-20-32(21-24-36)37(25-28-17-18-28)34(38)41-27-29-11-5-2-6-12-29;/h2-16,28,31-32H,17-27H2,1H3;1H. The van der Waals surface area contributed by atoms with E-state index in [1.807, 2.05) is 59.5 Å². The molecule has 0 bridgehead atoms. The minimum Gasteiger partial charge on any atom is -0.445 e. The monoisotopic (exact) mass is 625 g/mol. The van der Waals surface area contributed by atoms with E-state index in [2.05, 4.69) is 17.0 Å². The highest BCUT2D eigenvalue weighted by atomic mass is 35.5. The van der Waals surface area contributed by atoms with Gasteiger partial charge in [-0.3, -0.25) is 0 Å². The average molecular weight is 626 g/mol. The fraction of sp³-hybridized carbons (Fsp3) is 0.441. The number of benzene rings is 3. The number of piperidine rings is 1. The minimum atomic E-state index is -3.57. The van der Waals surface area contributed by atoms with E-state index in [0.29, 0.717) is 24.0 Å². The van der Waals surface area contributed by atoms with E-state index in [1.165, 1.54) is 17.1 Å². The van der Waals surface area contributed by atoms with Gasteiger partial charge in [-0.15, -0.1) is 12.4 Å². The Morgan fingerprint density at radius 1 is 0.884 bits per heavy atom. The van der Waals surface area contributed by atoms with Gasteiger partial charge in [-0.05, 0) is 73.7 Å². The summed E-state index contributed by atoms with van der Waals surface area (Å²) in [6.07, 6.45) is 4.88. The highest BCUT2D eigenvalue weighted by Gasteiger charge is 2.34. The Balaban J connectivity index is 0.00000423. The largest absolute Gasteiger partial charge is 0.445 e. The summed E-state index contributed by atoms with van der Waals surface area (Å²) in [6.45, 7) is 4.22. The number of sulfonamides is 1. The number of hydrogen-bond acceptors (Lipinski definition) is 5. The first-order valence-electron chi connectivity index (χ1n) is 15.2. The minimum absolute atomic E-state index is 0. The van der Waals surface area contributed by atoms with Gasteiger partial charge in [-0.2, -0.15) is 0 Å². The first-order chi connectivity index (χ1) is 20.4. The van der Waals surface area contributed by atoms with E-state index in [0.717, 1.165) is 56.6 Å². The Morgan fingerprint density at radius 2 is 1.47 bits per heavy atom. The molecule has 1 heterocycles. The Bertz CT molecular complexity index is 1370. The first kappa shape index (κ1) is 33.0. The predicted molar refractivity (Wildman–Crippen MR) is 173 cm³/mol. The molecule has 1 amide bonds. The van der Waals surface area contributed by atoms with Crippen LogP contribution < -0.4 is 0 Å². The van der Waals surface area contributed by atoms with Crippen LogP contribution in [0.15, 0.2) is 95.9 Å². The van der Waals surface area contributed by atoms with E-state index in [1.54, 1.807) is 31.3 Å². The molecule has 0 spiro atoms. The lowest BCUT2D eigenvalue weighted by atomic mass is 9.94. The van der Waals surface area contributed by atoms with Gasteiger partial charge in [0.2, 0.25) is 10.0 Å². The molecule has 43 heavy (non-hydrogen) atoms. The summed E-state index contributed by atoms with van der Waals surface area (Å²) in [7, 11) is -1.89. The molecule has 9 heteroatoms. The smallest absolute Gasteiger partial charge is 0.410 e. The summed E-state index contributed by atoms with van der Waals surface area (Å²) in [5.41, 5.74) is 2.15. The molecule has 0 radical (unpaired) electrons. The molecule has 1 aliphatic carbocycles. The maximum absolute atomic E-state index is 13.2. The number of amides is 1. The van der Waals surface area contributed by atoms with Crippen LogP contribution in [0.5, 0.6) is 0 Å². The van der Waals surface area contributed by atoms with Crippen molar-refractivity contribution in [3.63, 3.8) is 0 Å². The quantitative estimate of drug-likeness (QED) is 0.219. The molecular weight excluding hydrogens is 582 g/mol. The van der Waals surface area contributed by atoms with E-state index < -0.39 is 10.0 Å². The number of ether oxygens (including phenoxy) is 1. The van der Waals surface area contributed by atoms with Gasteiger partial charge in [0.15, 0.2) is 0 Å². The number of rotatable bonds is 13. The van der Waals surface area contributed by atoms with Crippen LogP contribution in [0.2, 0.25) is 0 Å². The lowest BCUT2D eigenvalue weighted by Crippen LogP contribution is -2.48. The zero-order chi connectivity index (χ0) is 29.4. The molecule has 232 valence electrons. The molecule has 3 aromatic carbocycles. The van der Waals surface area contributed by atoms with Crippen molar-refractivity contribution in [1.29, 1.82) is 0 Å². The Hall–Kier alpha value is -2.91. The fourth-order valence-corrected chi connectivity index (χ4v) is 7.05. The van der Waals surface area contributed by atoms with Crippen molar-refractivity contribution in [3.8, 4) is 0 Å². The summed E-state index contributed by atoms with van der Waals surface area (Å²) in [5.74, 6) is 0.676. The topological polar surface area (TPSA) is 70.2 Å². The van der Waals surface area contributed by atoms with Gasteiger partial charge >= 0.3 is 6.09 Å². The molecule has 7 nitrogen and oxygen atoms in total. The molecular formula is C34H44ClN3O4S. The van der Waals surface area contributed by atoms with Crippen LogP contribution in [0.4, 0.5) is 4.79 Å². The Kier molecular flexibility index (Phi) is 12.1. The van der Waals surface area contributed by atoms with Crippen molar-refractivity contribution in [2.24, 2.45) is 5.92 Å². The molecule has 1 atom stereocenters. The summed E-state index contributed by atoms with van der Waals surface area (Å²) >= 11 is 0. The number of hydrogen-bond donors (Lipinski definition) is 0. The van der Waals surface area contributed by atoms with Crippen LogP contribution in [-0.4, -0.2) is 74.4 Å². The fourth-order valence-electron chi connectivity index (χ4n) is 5.82. The second-order valence-corrected chi connectivity index (χ2v) is 13.7. The molecule has 1 unspecified atom stereocenters. The van der Waals surface area contributed by atoms with Gasteiger partial charge in [0.25, 0.3) is 0 Å². The van der Waals surface area contributed by atoms with Gasteiger partial charge in [0, 0.05) is 39.3 Å². The van der Waals surface area contributed by atoms with Crippen molar-refractivity contribution in [2.75, 3.05) is 39.8 Å². The van der Waals surface area contributed by atoms with E-state index in [-0.39, 0.29) is 30.5 Å². The number of nitrogens with zero attached hydrogens (tertiary/aromatic N) is 3. The van der Waals surface area contributed by atoms with E-state index in [9.17, 15) is 13.2 Å². The molecule has 1 saturated carbocycles. The zero-order valence-corrected chi connectivity index (χ0v) is 26.6. The second kappa shape index (κ2) is 15.7. The van der Waals surface area contributed by atoms with Crippen molar-refractivity contribution >= 4 is 28.5 Å². The normalized spacial score (nSPS) is 16.8. The van der Waals surface area contributed by atoms with Gasteiger partial charge in [0.1, 0.15) is 6.61 Å². The van der Waals surface area contributed by atoms with Gasteiger partial charge in [0.05, 0.1) is 4.90 Å². The molecule has 0 aromatic heterocycles. The molecule has 0 N–H and O–H groups in total. The van der Waals surface area contributed by atoms with Crippen LogP contribution in [0, 0.1) is 5.92 Å². The third-order valence-electron chi connectivity index (χ3n) is 8.58. The number of likely N-dealkylation sites (N-methyl/N-ethyl adjacent to an activating group) is 1. The van der Waals surface area contributed by atoms with Crippen LogP contribution in [-0.2, 0) is 21.4 Å². The molecule has 1 aliphatic heterocycles. The van der Waals surface area contributed by atoms with E-state index >= 15 is 0 Å². The molecule has 5 rings (SSSR count). The summed E-state index contributed by atoms with van der Waals surface area (Å²) in [6, 6.07) is 28.9. The number of carbonyl (C=O) groups is 1. The van der Waals surface area contributed by atoms with Crippen LogP contribution in [0.1, 0.15) is 49.1 Å². The lowest BCUT2D eigenvalue weighted by Gasteiger charge is -2.38. The van der Waals surface area contributed by atoms with Gasteiger partial charge < -0.3 is 14.5 Å². The van der Waals surface area contributed by atoms with Crippen molar-refractivity contribution in [3.05, 3.63) is 102 Å². The van der Waals surface area contributed by atoms with Gasteiger partial charge in [-0.1, -0.05) is 78.9 Å². The number of halogens is 1. The zero-order valence-electron chi connectivity index (χ0n) is 25.0. The summed E-state index contributed by atoms with van der Waals surface area (Å²) in [5, 5.41) is 0. The maximum Gasteiger partial charge on any atom is 0.410 e. The Labute approximate surface area is 263 Å². The van der Waals surface area contributed by atoms with Crippen molar-refractivity contribution in [2.45, 2.75) is 55.6 Å². The van der Waals surface area contributed by atoms with Crippen LogP contribution >= 0.6 is 12.4 Å². The third-order valence-corrected chi connectivity index (χ3v) is 10.4. The molecule has 1 saturated heterocycles. The summed E-state index contributed by atoms with van der Waals surface area (Å²) < 4.78 is 33.7. The molecule has 2 fully saturated rings. The SMILES string of the molecule is CN(CC(CCN1CCC(N(CC2CC2)C(=O)OCc2ccccc2)CC1)c1ccccc1)S(=O)(=O)c1ccccc1.Cl. The highest BCUT2D eigenvalue weighted by Crippen LogP contribution is 2.32. The van der Waals surface area contributed by atoms with Crippen LogP contribution in [0.25, 0.3) is 0 Å². The second-order valence-electron chi connectivity index (χ2n) is 11.7. The molecule has 2 aliphatic rings. The number of likely N-dealkylation sites (tertiary alicyclic amines) is 1. The Morgan fingerprint density at radius 3 is 2.07 bits per heavy atom. The summed E-state index contributed by atoms with van der Waals surface area (Å²) in [4.78, 5) is 17.9. The van der Waals surface area contributed by atoms with Crippen molar-refractivity contribution < 1.29 is 17.9 Å². The average Bonchev–Trinajstić information content (AvgIpc) is 3.86. The van der Waals surface area contributed by atoms with Crippen molar-refractivity contribution in [1.82, 2.24) is 14.1 Å². The van der Waals surface area contributed by atoms with Gasteiger partial charge in [-0.25, -0.2) is 17.5 Å². The van der Waals surface area contributed by atoms with Crippen LogP contribution in [0.3, 0.4) is 0 Å². The predicted octanol–water partition coefficient (Wildman–Crippen LogP) is 6.42. The maximum atomic E-state index is 13.2.